The van der Waals surface area contributed by atoms with Crippen molar-refractivity contribution in [2.24, 2.45) is 11.3 Å². The van der Waals surface area contributed by atoms with Crippen molar-refractivity contribution in [2.45, 2.75) is 126 Å². The summed E-state index contributed by atoms with van der Waals surface area (Å²) in [7, 11) is -4.66. The van der Waals surface area contributed by atoms with Crippen LogP contribution in [0.3, 0.4) is 0 Å². The topological polar surface area (TPSA) is 192 Å². The van der Waals surface area contributed by atoms with Crippen LogP contribution >= 0.6 is 0 Å². The molecule has 2 aliphatic carbocycles. The number of nitro groups is 1. The summed E-state index contributed by atoms with van der Waals surface area (Å²) < 4.78 is 42.6. The second-order valence-electron chi connectivity index (χ2n) is 20.5. The van der Waals surface area contributed by atoms with E-state index in [0.717, 1.165) is 55.2 Å². The first-order chi connectivity index (χ1) is 32.1. The highest BCUT2D eigenvalue weighted by atomic mass is 32.2. The Bertz CT molecular complexity index is 2820. The van der Waals surface area contributed by atoms with Gasteiger partial charge in [0.1, 0.15) is 23.8 Å². The summed E-state index contributed by atoms with van der Waals surface area (Å²) in [6, 6.07) is 18.9. The number of hydrogen-bond acceptors (Lipinski definition) is 12. The van der Waals surface area contributed by atoms with E-state index in [0.29, 0.717) is 60.5 Å². The second kappa shape index (κ2) is 17.4. The number of piperidine rings is 1. The largest absolute Gasteiger partial charge is 0.489 e. The monoisotopic (exact) mass is 931 g/mol. The number of likely N-dealkylation sites (tertiary alicyclic amines) is 1. The highest BCUT2D eigenvalue weighted by Gasteiger charge is 2.50. The van der Waals surface area contributed by atoms with E-state index in [9.17, 15) is 28.4 Å². The van der Waals surface area contributed by atoms with Gasteiger partial charge in [0.2, 0.25) is 0 Å². The summed E-state index contributed by atoms with van der Waals surface area (Å²) in [4.78, 5) is 38.2. The van der Waals surface area contributed by atoms with Gasteiger partial charge in [-0.15, -0.1) is 0 Å². The molecule has 15 nitrogen and oxygen atoms in total. The number of hydrogen-bond donors (Lipinski definition) is 4. The van der Waals surface area contributed by atoms with Crippen LogP contribution in [-0.4, -0.2) is 83.1 Å². The Labute approximate surface area is 391 Å². The molecule has 4 N–H and O–H groups in total. The van der Waals surface area contributed by atoms with Crippen molar-refractivity contribution in [3.05, 3.63) is 105 Å². The molecule has 1 spiro atoms. The molecular weight excluding hydrogens is 871 g/mol. The molecule has 16 heteroatoms. The molecule has 5 aromatic rings. The van der Waals surface area contributed by atoms with Crippen LogP contribution in [0.15, 0.2) is 78.0 Å². The predicted octanol–water partition coefficient (Wildman–Crippen LogP) is 9.51. The number of anilines is 2. The molecule has 2 saturated carbocycles. The van der Waals surface area contributed by atoms with Crippen LogP contribution < -0.4 is 24.4 Å². The average Bonchev–Trinajstić information content (AvgIpc) is 3.94. The van der Waals surface area contributed by atoms with E-state index in [1.807, 2.05) is 32.2 Å². The van der Waals surface area contributed by atoms with Gasteiger partial charge in [-0.1, -0.05) is 38.1 Å². The van der Waals surface area contributed by atoms with Crippen molar-refractivity contribution in [2.75, 3.05) is 36.5 Å². The number of aromatic nitrogens is 2. The molecule has 5 heterocycles. The number of nitro benzene ring substituents is 1. The summed E-state index contributed by atoms with van der Waals surface area (Å²) in [6.45, 7) is 11.3. The normalized spacial score (nSPS) is 24.2. The summed E-state index contributed by atoms with van der Waals surface area (Å²) in [5, 5.41) is 26.9. The van der Waals surface area contributed by atoms with Gasteiger partial charge in [-0.25, -0.2) is 18.1 Å². The molecule has 0 bridgehead atoms. The molecule has 1 amide bonds. The fraction of sp³-hybridized carbons (Fsp3) is 0.490. The maximum Gasteiger partial charge on any atom is 0.297 e. The van der Waals surface area contributed by atoms with Crippen molar-refractivity contribution in [1.82, 2.24) is 19.6 Å². The molecule has 10 rings (SSSR count). The van der Waals surface area contributed by atoms with Gasteiger partial charge >= 0.3 is 0 Å². The van der Waals surface area contributed by atoms with Crippen LogP contribution in [0.5, 0.6) is 17.2 Å². The number of carbonyl (C=O) groups is 1. The summed E-state index contributed by atoms with van der Waals surface area (Å²) in [5.74, 6) is 0.150. The molecule has 3 aromatic carbocycles. The van der Waals surface area contributed by atoms with E-state index in [4.69, 9.17) is 9.47 Å². The van der Waals surface area contributed by atoms with Gasteiger partial charge in [0.25, 0.3) is 21.6 Å². The maximum atomic E-state index is 14.2. The van der Waals surface area contributed by atoms with Crippen LogP contribution in [0.1, 0.15) is 124 Å². The number of carbonyl (C=O) groups excluding carboxylic acids is 1. The van der Waals surface area contributed by atoms with E-state index in [1.54, 1.807) is 18.3 Å². The fourth-order valence-corrected chi connectivity index (χ4v) is 12.7. The fourth-order valence-electron chi connectivity index (χ4n) is 11.7. The molecule has 5 aliphatic rings. The van der Waals surface area contributed by atoms with E-state index in [-0.39, 0.29) is 41.3 Å². The van der Waals surface area contributed by atoms with Crippen molar-refractivity contribution in [1.29, 1.82) is 0 Å². The van der Waals surface area contributed by atoms with E-state index in [1.165, 1.54) is 42.9 Å². The summed E-state index contributed by atoms with van der Waals surface area (Å²) >= 11 is 0. The zero-order valence-electron chi connectivity index (χ0n) is 38.7. The maximum absolute atomic E-state index is 14.2. The van der Waals surface area contributed by atoms with Gasteiger partial charge < -0.3 is 29.8 Å². The number of H-pyrrole nitrogens is 1. The first kappa shape index (κ1) is 45.1. The van der Waals surface area contributed by atoms with Crippen molar-refractivity contribution in [3.63, 3.8) is 0 Å². The minimum atomic E-state index is -4.66. The lowest BCUT2D eigenvalue weighted by molar-refractivity contribution is -0.384. The Balaban J connectivity index is 0.863. The standard InChI is InChI=1S/C51H61N7O8S/c1-31(2)38-8-5-6-9-39(38)43-10-7-19-57(43)35-26-51(27-35)17-20-56(21-18-51)34-11-12-40(45(22-34)66-36-23-41-32(3)28-52-48(41)53-29-36)49(59)55-67(63,64)37-24-44(58(61)62)47-46(25-37)65-30-42(54-47)33-13-15-50(4,60)16-14-33/h5-6,8-9,11-12,22-25,28-29,31,33,35,42-43,54,60H,7,10,13-21,26-27,30H2,1-4H3,(H,52,53)(H,55,59)/t33?,42-,43+,50?/m1/s1. The number of ether oxygens (including phenoxy) is 2. The zero-order valence-corrected chi connectivity index (χ0v) is 39.5. The van der Waals surface area contributed by atoms with Crippen LogP contribution in [-0.2, 0) is 10.0 Å². The first-order valence-corrected chi connectivity index (χ1v) is 25.4. The third kappa shape index (κ3) is 8.83. The zero-order chi connectivity index (χ0) is 46.8. The van der Waals surface area contributed by atoms with Crippen LogP contribution in [0.4, 0.5) is 17.1 Å². The van der Waals surface area contributed by atoms with Gasteiger partial charge in [0.05, 0.1) is 33.2 Å². The SMILES string of the molecule is Cc1c[nH]c2ncc(Oc3cc(N4CCC5(CC4)CC(N4CCC[C@H]4c4ccccc4C(C)C)C5)ccc3C(=O)NS(=O)(=O)c3cc4c(c([N+](=O)[O-])c3)N[C@@H](C3CCC(C)(O)CC3)CO4)cc12. The molecule has 0 radical (unpaired) electrons. The second-order valence-corrected chi connectivity index (χ2v) is 22.1. The predicted molar refractivity (Wildman–Crippen MR) is 257 cm³/mol. The number of rotatable bonds is 11. The van der Waals surface area contributed by atoms with Crippen molar-refractivity contribution >= 4 is 44.0 Å². The number of aromatic amines is 1. The lowest BCUT2D eigenvalue weighted by Gasteiger charge is -2.56. The number of pyridine rings is 1. The molecular formula is C51H61N7O8S. The molecule has 0 unspecified atom stereocenters. The van der Waals surface area contributed by atoms with Crippen molar-refractivity contribution in [3.8, 4) is 17.2 Å². The highest BCUT2D eigenvalue weighted by Crippen LogP contribution is 2.54. The van der Waals surface area contributed by atoms with E-state index in [2.05, 4.69) is 67.9 Å². The summed E-state index contributed by atoms with van der Waals surface area (Å²) in [5.41, 5.74) is 4.56. The Morgan fingerprint density at radius 3 is 2.54 bits per heavy atom. The van der Waals surface area contributed by atoms with Crippen molar-refractivity contribution < 1.29 is 32.7 Å². The molecule has 4 fully saturated rings. The molecule has 2 aromatic heterocycles. The summed E-state index contributed by atoms with van der Waals surface area (Å²) in [6.07, 6.45) is 12.9. The number of aryl methyl sites for hydroxylation is 1. The van der Waals surface area contributed by atoms with Gasteiger partial charge in [-0.3, -0.25) is 19.8 Å². The lowest BCUT2D eigenvalue weighted by Crippen LogP contribution is -2.54. The third-order valence-corrected chi connectivity index (χ3v) is 16.9. The van der Waals surface area contributed by atoms with Gasteiger partial charge in [-0.05, 0) is 137 Å². The number of amides is 1. The van der Waals surface area contributed by atoms with E-state index < -0.39 is 37.0 Å². The first-order valence-electron chi connectivity index (χ1n) is 23.9. The lowest BCUT2D eigenvalue weighted by atomic mass is 9.59. The number of nitrogens with one attached hydrogen (secondary N) is 3. The number of nitrogens with zero attached hydrogens (tertiary/aromatic N) is 4. The Hall–Kier alpha value is -5.71. The minimum absolute atomic E-state index is 0.00536. The number of benzene rings is 3. The number of aliphatic hydroxyl groups is 1. The Morgan fingerprint density at radius 1 is 1.03 bits per heavy atom. The van der Waals surface area contributed by atoms with Crippen LogP contribution in [0.2, 0.25) is 0 Å². The Kier molecular flexibility index (Phi) is 11.7. The third-order valence-electron chi connectivity index (χ3n) is 15.6. The molecule has 67 heavy (non-hydrogen) atoms. The molecule has 2 saturated heterocycles. The average molecular weight is 932 g/mol. The highest BCUT2D eigenvalue weighted by molar-refractivity contribution is 7.90. The van der Waals surface area contributed by atoms with E-state index >= 15 is 0 Å². The van der Waals surface area contributed by atoms with Gasteiger partial charge in [-0.2, -0.15) is 0 Å². The number of fused-ring (bicyclic) bond motifs is 2. The molecule has 354 valence electrons. The van der Waals surface area contributed by atoms with Crippen LogP contribution in [0, 0.1) is 28.4 Å². The quantitative estimate of drug-likeness (QED) is 0.0726. The Morgan fingerprint density at radius 2 is 1.79 bits per heavy atom. The minimum Gasteiger partial charge on any atom is -0.489 e. The smallest absolute Gasteiger partial charge is 0.297 e. The van der Waals surface area contributed by atoms with Crippen LogP contribution in [0.25, 0.3) is 11.0 Å². The van der Waals surface area contributed by atoms with Gasteiger partial charge in [0, 0.05) is 60.6 Å². The molecule has 3 aliphatic heterocycles. The molecule has 2 atom stereocenters. The number of sulfonamides is 1. The van der Waals surface area contributed by atoms with Gasteiger partial charge in [0.15, 0.2) is 11.4 Å².